The van der Waals surface area contributed by atoms with Crippen LogP contribution in [-0.2, 0) is 4.74 Å². The van der Waals surface area contributed by atoms with Gasteiger partial charge in [-0.25, -0.2) is 14.3 Å². The molecule has 1 aliphatic heterocycles. The summed E-state index contributed by atoms with van der Waals surface area (Å²) in [6.07, 6.45) is 1.18. The van der Waals surface area contributed by atoms with Gasteiger partial charge >= 0.3 is 6.03 Å². The fraction of sp³-hybridized carbons (Fsp3) is 0.579. The highest BCUT2D eigenvalue weighted by molar-refractivity contribution is 5.93. The number of nitrogens with one attached hydrogen (secondary N) is 1. The largest absolute Gasteiger partial charge is 0.372 e. The van der Waals surface area contributed by atoms with Crippen molar-refractivity contribution in [3.05, 3.63) is 24.3 Å². The van der Waals surface area contributed by atoms with E-state index in [1.807, 2.05) is 24.3 Å². The maximum absolute atomic E-state index is 12.9. The maximum atomic E-state index is 12.9. The molecule has 2 aromatic rings. The second kappa shape index (κ2) is 7.44. The van der Waals surface area contributed by atoms with E-state index in [0.29, 0.717) is 18.4 Å². The molecule has 0 unspecified atom stereocenters. The topological polar surface area (TPSA) is 59.4 Å². The van der Waals surface area contributed by atoms with Crippen molar-refractivity contribution in [2.75, 3.05) is 24.5 Å². The molecule has 1 fully saturated rings. The van der Waals surface area contributed by atoms with Crippen molar-refractivity contribution in [2.24, 2.45) is 5.92 Å². The summed E-state index contributed by atoms with van der Waals surface area (Å²) in [7, 11) is 0. The average molecular weight is 344 g/mol. The van der Waals surface area contributed by atoms with Crippen LogP contribution in [0.2, 0.25) is 0 Å². The minimum Gasteiger partial charge on any atom is -0.372 e. The number of ether oxygens (including phenoxy) is 1. The van der Waals surface area contributed by atoms with Gasteiger partial charge < -0.3 is 15.0 Å². The first kappa shape index (κ1) is 17.7. The second-order valence-electron chi connectivity index (χ2n) is 7.31. The quantitative estimate of drug-likeness (QED) is 0.925. The van der Waals surface area contributed by atoms with E-state index in [2.05, 4.69) is 37.9 Å². The van der Waals surface area contributed by atoms with Crippen molar-refractivity contribution in [3.8, 4) is 0 Å². The van der Waals surface area contributed by atoms with Gasteiger partial charge in [-0.1, -0.05) is 26.0 Å². The van der Waals surface area contributed by atoms with Gasteiger partial charge in [0.05, 0.1) is 23.2 Å². The molecule has 6 nitrogen and oxygen atoms in total. The molecule has 136 valence electrons. The van der Waals surface area contributed by atoms with Gasteiger partial charge in [-0.3, -0.25) is 0 Å². The predicted molar refractivity (Wildman–Crippen MR) is 100 cm³/mol. The van der Waals surface area contributed by atoms with Crippen LogP contribution < -0.4 is 10.2 Å². The van der Waals surface area contributed by atoms with Crippen LogP contribution in [0.5, 0.6) is 0 Å². The molecule has 1 amide bonds. The molecule has 1 N–H and O–H groups in total. The Hall–Kier alpha value is -2.08. The van der Waals surface area contributed by atoms with Gasteiger partial charge in [0.2, 0.25) is 5.95 Å². The van der Waals surface area contributed by atoms with Crippen molar-refractivity contribution in [2.45, 2.75) is 46.3 Å². The zero-order valence-electron chi connectivity index (χ0n) is 15.5. The molecule has 2 atom stereocenters. The molecule has 0 spiro atoms. The first-order valence-corrected chi connectivity index (χ1v) is 9.11. The van der Waals surface area contributed by atoms with E-state index >= 15 is 0 Å². The summed E-state index contributed by atoms with van der Waals surface area (Å²) in [6.45, 7) is 10.5. The Bertz CT molecular complexity index is 730. The number of para-hydroxylation sites is 2. The molecule has 1 aromatic heterocycles. The van der Waals surface area contributed by atoms with Crippen LogP contribution in [-0.4, -0.2) is 47.4 Å². The van der Waals surface area contributed by atoms with Crippen molar-refractivity contribution < 1.29 is 9.53 Å². The molecule has 0 saturated carbocycles. The van der Waals surface area contributed by atoms with Gasteiger partial charge in [0, 0.05) is 19.6 Å². The van der Waals surface area contributed by atoms with Gasteiger partial charge in [0.25, 0.3) is 0 Å². The summed E-state index contributed by atoms with van der Waals surface area (Å²) in [4.78, 5) is 19.8. The lowest BCUT2D eigenvalue weighted by molar-refractivity contribution is -0.00579. The Morgan fingerprint density at radius 2 is 1.96 bits per heavy atom. The number of imidazole rings is 1. The Kier molecular flexibility index (Phi) is 5.27. The predicted octanol–water partition coefficient (Wildman–Crippen LogP) is 3.25. The molecule has 0 radical (unpaired) electrons. The van der Waals surface area contributed by atoms with Crippen molar-refractivity contribution in [1.29, 1.82) is 0 Å². The fourth-order valence-corrected chi connectivity index (χ4v) is 3.31. The number of rotatable bonds is 4. The summed E-state index contributed by atoms with van der Waals surface area (Å²) in [6, 6.07) is 7.67. The van der Waals surface area contributed by atoms with Crippen LogP contribution in [0, 0.1) is 5.92 Å². The molecule has 25 heavy (non-hydrogen) atoms. The lowest BCUT2D eigenvalue weighted by atomic mass is 10.1. The number of fused-ring (bicyclic) bond motifs is 1. The third-order valence-electron chi connectivity index (χ3n) is 4.45. The van der Waals surface area contributed by atoms with Crippen molar-refractivity contribution in [3.63, 3.8) is 0 Å². The first-order chi connectivity index (χ1) is 12.0. The van der Waals surface area contributed by atoms with Gasteiger partial charge in [-0.05, 0) is 38.3 Å². The van der Waals surface area contributed by atoms with E-state index in [-0.39, 0.29) is 18.2 Å². The Balaban J connectivity index is 1.93. The number of morpholine rings is 1. The summed E-state index contributed by atoms with van der Waals surface area (Å²) < 4.78 is 7.53. The zero-order valence-corrected chi connectivity index (χ0v) is 15.5. The van der Waals surface area contributed by atoms with E-state index in [1.54, 1.807) is 4.57 Å². The normalized spacial score (nSPS) is 21.1. The van der Waals surface area contributed by atoms with Gasteiger partial charge in [0.15, 0.2) is 0 Å². The number of anilines is 1. The number of nitrogens with zero attached hydrogens (tertiary/aromatic N) is 3. The Morgan fingerprint density at radius 1 is 1.28 bits per heavy atom. The Labute approximate surface area is 149 Å². The molecule has 1 aliphatic rings. The monoisotopic (exact) mass is 344 g/mol. The van der Waals surface area contributed by atoms with Crippen molar-refractivity contribution in [1.82, 2.24) is 14.9 Å². The van der Waals surface area contributed by atoms with Crippen LogP contribution >= 0.6 is 0 Å². The summed E-state index contributed by atoms with van der Waals surface area (Å²) in [5.41, 5.74) is 1.68. The standard InChI is InChI=1S/C19H28N4O2/c1-13(2)9-10-20-19(24)23-17-8-6-5-7-16(17)21-18(23)22-11-14(3)25-15(4)12-22/h5-8,13-15H,9-12H2,1-4H3,(H,20,24)/t14-,15-/m0/s1. The number of hydrogen-bond acceptors (Lipinski definition) is 4. The number of hydrogen-bond donors (Lipinski definition) is 1. The molecule has 0 bridgehead atoms. The van der Waals surface area contributed by atoms with E-state index in [9.17, 15) is 4.79 Å². The highest BCUT2D eigenvalue weighted by Crippen LogP contribution is 2.25. The fourth-order valence-electron chi connectivity index (χ4n) is 3.31. The lowest BCUT2D eigenvalue weighted by Gasteiger charge is -2.35. The number of amides is 1. The smallest absolute Gasteiger partial charge is 0.328 e. The van der Waals surface area contributed by atoms with Gasteiger partial charge in [0.1, 0.15) is 0 Å². The summed E-state index contributed by atoms with van der Waals surface area (Å²) >= 11 is 0. The van der Waals surface area contributed by atoms with Crippen LogP contribution in [0.25, 0.3) is 11.0 Å². The van der Waals surface area contributed by atoms with E-state index in [4.69, 9.17) is 9.72 Å². The van der Waals surface area contributed by atoms with Crippen LogP contribution in [0.4, 0.5) is 10.7 Å². The third-order valence-corrected chi connectivity index (χ3v) is 4.45. The second-order valence-corrected chi connectivity index (χ2v) is 7.31. The highest BCUT2D eigenvalue weighted by atomic mass is 16.5. The van der Waals surface area contributed by atoms with Crippen molar-refractivity contribution >= 4 is 23.0 Å². The van der Waals surface area contributed by atoms with Crippen LogP contribution in [0.3, 0.4) is 0 Å². The number of carbonyl (C=O) groups excluding carboxylic acids is 1. The maximum Gasteiger partial charge on any atom is 0.328 e. The Morgan fingerprint density at radius 3 is 2.64 bits per heavy atom. The van der Waals surface area contributed by atoms with E-state index in [1.165, 1.54) is 0 Å². The molecule has 3 rings (SSSR count). The highest BCUT2D eigenvalue weighted by Gasteiger charge is 2.28. The minimum atomic E-state index is -0.115. The molecule has 2 heterocycles. The molecule has 1 aromatic carbocycles. The van der Waals surface area contributed by atoms with Gasteiger partial charge in [-0.2, -0.15) is 0 Å². The molecule has 1 saturated heterocycles. The zero-order chi connectivity index (χ0) is 18.0. The van der Waals surface area contributed by atoms with E-state index < -0.39 is 0 Å². The molecule has 0 aliphatic carbocycles. The minimum absolute atomic E-state index is 0.112. The first-order valence-electron chi connectivity index (χ1n) is 9.11. The average Bonchev–Trinajstić information content (AvgIpc) is 2.93. The number of carbonyl (C=O) groups is 1. The molecular formula is C19H28N4O2. The van der Waals surface area contributed by atoms with Crippen LogP contribution in [0.15, 0.2) is 24.3 Å². The summed E-state index contributed by atoms with van der Waals surface area (Å²) in [5, 5.41) is 3.04. The summed E-state index contributed by atoms with van der Waals surface area (Å²) in [5.74, 6) is 1.26. The third kappa shape index (κ3) is 3.95. The molecular weight excluding hydrogens is 316 g/mol. The molecule has 6 heteroatoms. The van der Waals surface area contributed by atoms with Crippen LogP contribution in [0.1, 0.15) is 34.1 Å². The van der Waals surface area contributed by atoms with Gasteiger partial charge in [-0.15, -0.1) is 0 Å². The lowest BCUT2D eigenvalue weighted by Crippen LogP contribution is -2.47. The number of aromatic nitrogens is 2. The SMILES string of the molecule is CC(C)CCNC(=O)n1c(N2C[C@H](C)O[C@@H](C)C2)nc2ccccc21. The number of benzene rings is 1. The van der Waals surface area contributed by atoms with E-state index in [0.717, 1.165) is 30.5 Å².